The van der Waals surface area contributed by atoms with E-state index in [4.69, 9.17) is 0 Å². The molecule has 1 fully saturated rings. The lowest BCUT2D eigenvalue weighted by Crippen LogP contribution is -2.27. The lowest BCUT2D eigenvalue weighted by atomic mass is 9.68. The van der Waals surface area contributed by atoms with Crippen LogP contribution in [0.2, 0.25) is 0 Å². The summed E-state index contributed by atoms with van der Waals surface area (Å²) in [4.78, 5) is 0. The highest BCUT2D eigenvalue weighted by Gasteiger charge is 2.50. The average molecular weight is 619 g/mol. The van der Waals surface area contributed by atoms with Gasteiger partial charge in [-0.1, -0.05) is 137 Å². The van der Waals surface area contributed by atoms with Crippen molar-refractivity contribution >= 4 is 38.8 Å². The van der Waals surface area contributed by atoms with Crippen LogP contribution in [-0.2, 0) is 11.8 Å². The van der Waals surface area contributed by atoms with E-state index in [9.17, 15) is 0 Å². The summed E-state index contributed by atoms with van der Waals surface area (Å²) >= 11 is 0. The van der Waals surface area contributed by atoms with Gasteiger partial charge in [-0.05, 0) is 143 Å². The Morgan fingerprint density at radius 3 is 2.04 bits per heavy atom. The Balaban J connectivity index is 0.998. The van der Waals surface area contributed by atoms with Gasteiger partial charge in [-0.3, -0.25) is 0 Å². The summed E-state index contributed by atoms with van der Waals surface area (Å²) in [5.74, 6) is 1.05. The first-order valence-corrected chi connectivity index (χ1v) is 18.0. The molecule has 5 aromatic rings. The summed E-state index contributed by atoms with van der Waals surface area (Å²) in [6, 6.07) is 32.8. The minimum atomic E-state index is 0.0259. The summed E-state index contributed by atoms with van der Waals surface area (Å²) in [6.45, 7) is 9.85. The molecule has 0 heterocycles. The summed E-state index contributed by atoms with van der Waals surface area (Å²) in [7, 11) is 0. The monoisotopic (exact) mass is 618 g/mol. The Kier molecular flexibility index (Phi) is 5.86. The van der Waals surface area contributed by atoms with Crippen molar-refractivity contribution in [3.05, 3.63) is 160 Å². The van der Waals surface area contributed by atoms with Crippen LogP contribution in [0.5, 0.6) is 0 Å². The molecule has 2 unspecified atom stereocenters. The molecule has 5 aliphatic rings. The van der Waals surface area contributed by atoms with Gasteiger partial charge in [-0.25, -0.2) is 0 Å². The van der Waals surface area contributed by atoms with Crippen LogP contribution in [0, 0.1) is 17.3 Å². The van der Waals surface area contributed by atoms with Gasteiger partial charge in [0.15, 0.2) is 0 Å². The first-order chi connectivity index (χ1) is 23.3. The van der Waals surface area contributed by atoms with E-state index >= 15 is 0 Å². The van der Waals surface area contributed by atoms with Gasteiger partial charge in [-0.15, -0.1) is 0 Å². The molecular weight excluding hydrogens is 577 g/mol. The second-order valence-electron chi connectivity index (χ2n) is 16.1. The molecule has 0 saturated heterocycles. The molecule has 48 heavy (non-hydrogen) atoms. The van der Waals surface area contributed by atoms with E-state index in [1.54, 1.807) is 11.1 Å². The minimum absolute atomic E-state index is 0.0259. The van der Waals surface area contributed by atoms with Crippen molar-refractivity contribution in [1.29, 1.82) is 0 Å². The molecule has 0 spiro atoms. The molecule has 0 radical (unpaired) electrons. The van der Waals surface area contributed by atoms with E-state index in [0.29, 0.717) is 11.8 Å². The van der Waals surface area contributed by atoms with E-state index in [-0.39, 0.29) is 10.8 Å². The third kappa shape index (κ3) is 3.90. The summed E-state index contributed by atoms with van der Waals surface area (Å²) < 4.78 is 0. The second kappa shape index (κ2) is 9.93. The highest BCUT2D eigenvalue weighted by Crippen LogP contribution is 2.61. The zero-order valence-electron chi connectivity index (χ0n) is 28.5. The van der Waals surface area contributed by atoms with Gasteiger partial charge in [0.25, 0.3) is 0 Å². The van der Waals surface area contributed by atoms with Crippen molar-refractivity contribution in [3.63, 3.8) is 0 Å². The lowest BCUT2D eigenvalue weighted by Gasteiger charge is -2.35. The SMILES string of the molecule is CC1(C)c2ccccc2-c2ccc(C3=CC=C4C5=CC=C(c6ccc7ccc8c9c(ccc8c7c6)CCC=C9)CC5C(C)(C)C4C3)cc21. The van der Waals surface area contributed by atoms with E-state index < -0.39 is 0 Å². The molecule has 0 N–H and O–H groups in total. The molecule has 2 atom stereocenters. The number of aryl methyl sites for hydroxylation is 1. The molecule has 0 aliphatic heterocycles. The molecule has 234 valence electrons. The first kappa shape index (κ1) is 28.3. The Morgan fingerprint density at radius 1 is 0.583 bits per heavy atom. The van der Waals surface area contributed by atoms with Crippen molar-refractivity contribution in [1.82, 2.24) is 0 Å². The largest absolute Gasteiger partial charge is 0.0836 e. The Labute approximate surface area is 284 Å². The van der Waals surface area contributed by atoms with Crippen LogP contribution in [0.3, 0.4) is 0 Å². The lowest BCUT2D eigenvalue weighted by molar-refractivity contribution is 0.212. The smallest absolute Gasteiger partial charge is 0.0159 e. The summed E-state index contributed by atoms with van der Waals surface area (Å²) in [5.41, 5.74) is 17.7. The molecule has 5 aliphatic carbocycles. The molecule has 0 bridgehead atoms. The zero-order chi connectivity index (χ0) is 32.4. The topological polar surface area (TPSA) is 0 Å². The van der Waals surface area contributed by atoms with Crippen molar-refractivity contribution in [2.24, 2.45) is 17.3 Å². The maximum Gasteiger partial charge on any atom is 0.0159 e. The number of hydrogen-bond acceptors (Lipinski definition) is 0. The van der Waals surface area contributed by atoms with Crippen molar-refractivity contribution < 1.29 is 0 Å². The van der Waals surface area contributed by atoms with Crippen LogP contribution in [-0.4, -0.2) is 0 Å². The van der Waals surface area contributed by atoms with E-state index in [2.05, 4.69) is 149 Å². The fourth-order valence-corrected chi connectivity index (χ4v) is 10.2. The number of allylic oxidation sites excluding steroid dienone is 9. The minimum Gasteiger partial charge on any atom is -0.0836 e. The molecule has 10 rings (SSSR count). The van der Waals surface area contributed by atoms with Gasteiger partial charge in [0.2, 0.25) is 0 Å². The number of fused-ring (bicyclic) bond motifs is 11. The molecule has 0 nitrogen and oxygen atoms in total. The van der Waals surface area contributed by atoms with Crippen molar-refractivity contribution in [3.8, 4) is 11.1 Å². The fourth-order valence-electron chi connectivity index (χ4n) is 10.2. The maximum absolute atomic E-state index is 2.54. The van der Waals surface area contributed by atoms with Crippen LogP contribution in [0.25, 0.3) is 49.9 Å². The molecular formula is C48H42. The van der Waals surface area contributed by atoms with Crippen molar-refractivity contribution in [2.75, 3.05) is 0 Å². The summed E-state index contributed by atoms with van der Waals surface area (Å²) in [5, 5.41) is 5.47. The number of hydrogen-bond donors (Lipinski definition) is 0. The third-order valence-corrected chi connectivity index (χ3v) is 13.0. The maximum atomic E-state index is 2.54. The Hall–Kier alpha value is -4.68. The zero-order valence-corrected chi connectivity index (χ0v) is 28.5. The predicted octanol–water partition coefficient (Wildman–Crippen LogP) is 12.7. The van der Waals surface area contributed by atoms with Crippen LogP contribution < -0.4 is 0 Å². The molecule has 0 aromatic heterocycles. The highest BCUT2D eigenvalue weighted by molar-refractivity contribution is 6.11. The van der Waals surface area contributed by atoms with Crippen LogP contribution >= 0.6 is 0 Å². The van der Waals surface area contributed by atoms with Gasteiger partial charge >= 0.3 is 0 Å². The normalized spacial score (nSPS) is 22.6. The van der Waals surface area contributed by atoms with Crippen LogP contribution in [0.15, 0.2) is 126 Å². The van der Waals surface area contributed by atoms with Gasteiger partial charge < -0.3 is 0 Å². The van der Waals surface area contributed by atoms with Gasteiger partial charge in [0.1, 0.15) is 0 Å². The quantitative estimate of drug-likeness (QED) is 0.173. The standard InChI is InChI=1S/C48H42/c1-47(2)43-12-8-7-11-38(43)39-22-18-33(27-44(39)47)34-19-24-41-40-23-17-32(26-45(40)48(3,4)46(41)28-34)31-14-13-30-16-20-36-35-10-6-5-9-29(35)15-21-37(36)42(30)25-31/h6-8,10-25,27,45-46H,5,9,26,28H2,1-4H3. The highest BCUT2D eigenvalue weighted by atomic mass is 14.5. The average Bonchev–Trinajstić information content (AvgIpc) is 3.49. The van der Waals surface area contributed by atoms with E-state index in [1.807, 2.05) is 0 Å². The molecule has 5 aromatic carbocycles. The van der Waals surface area contributed by atoms with Crippen molar-refractivity contribution in [2.45, 2.75) is 58.8 Å². The molecule has 0 amide bonds. The first-order valence-electron chi connectivity index (χ1n) is 18.0. The van der Waals surface area contributed by atoms with Crippen LogP contribution in [0.4, 0.5) is 0 Å². The number of rotatable bonds is 2. The van der Waals surface area contributed by atoms with Gasteiger partial charge in [0, 0.05) is 5.41 Å². The molecule has 0 heteroatoms. The van der Waals surface area contributed by atoms with Gasteiger partial charge in [0.05, 0.1) is 0 Å². The molecule has 1 saturated carbocycles. The van der Waals surface area contributed by atoms with E-state index in [1.165, 1.54) is 77.2 Å². The Bertz CT molecular complexity index is 2390. The van der Waals surface area contributed by atoms with E-state index in [0.717, 1.165) is 25.7 Å². The predicted molar refractivity (Wildman–Crippen MR) is 205 cm³/mol. The Morgan fingerprint density at radius 2 is 1.25 bits per heavy atom. The summed E-state index contributed by atoms with van der Waals surface area (Å²) in [6.07, 6.45) is 19.0. The van der Waals surface area contributed by atoms with Gasteiger partial charge in [-0.2, -0.15) is 0 Å². The third-order valence-electron chi connectivity index (χ3n) is 13.0. The number of benzene rings is 5. The van der Waals surface area contributed by atoms with Crippen LogP contribution in [0.1, 0.15) is 80.3 Å². The fraction of sp³-hybridized carbons (Fsp3) is 0.250. The second-order valence-corrected chi connectivity index (χ2v) is 16.1.